The van der Waals surface area contributed by atoms with Crippen molar-refractivity contribution in [3.05, 3.63) is 180 Å². The standard InChI is InChI=1S/C51H36N4O2/c1-31-28-32(2)45(33(3)29-31)40-26-27-43-44(30-40)47(35-20-24-39(25-21-35)51-55-53-49(57-51)37-14-8-5-9-15-37)42-17-11-10-16-41(42)46(43)34-18-22-38(23-19-34)50-54-52-48(56-50)36-12-6-4-7-13-36/h4-30H,1-3H3. The highest BCUT2D eigenvalue weighted by molar-refractivity contribution is 6.22. The molecule has 10 rings (SSSR count). The molecule has 0 aliphatic rings. The van der Waals surface area contributed by atoms with Crippen molar-refractivity contribution >= 4 is 21.5 Å². The molecule has 0 aliphatic heterocycles. The fourth-order valence-corrected chi connectivity index (χ4v) is 8.22. The van der Waals surface area contributed by atoms with Crippen molar-refractivity contribution in [3.63, 3.8) is 0 Å². The van der Waals surface area contributed by atoms with Crippen molar-refractivity contribution in [3.8, 4) is 79.2 Å². The molecular weight excluding hydrogens is 701 g/mol. The monoisotopic (exact) mass is 736 g/mol. The maximum atomic E-state index is 6.12. The number of nitrogens with zero attached hydrogens (tertiary/aromatic N) is 4. The Labute approximate surface area is 330 Å². The molecule has 0 spiro atoms. The quantitative estimate of drug-likeness (QED) is 0.152. The number of fused-ring (bicyclic) bond motifs is 2. The summed E-state index contributed by atoms with van der Waals surface area (Å²) in [7, 11) is 0. The molecule has 10 aromatic rings. The van der Waals surface area contributed by atoms with E-state index in [0.717, 1.165) is 33.4 Å². The number of rotatable bonds is 7. The van der Waals surface area contributed by atoms with Gasteiger partial charge in [-0.25, -0.2) is 0 Å². The van der Waals surface area contributed by atoms with Crippen LogP contribution in [0.1, 0.15) is 16.7 Å². The molecule has 0 radical (unpaired) electrons. The highest BCUT2D eigenvalue weighted by Gasteiger charge is 2.20. The molecule has 8 aromatic carbocycles. The molecule has 0 N–H and O–H groups in total. The van der Waals surface area contributed by atoms with Gasteiger partial charge in [-0.1, -0.05) is 115 Å². The van der Waals surface area contributed by atoms with Crippen LogP contribution in [0.15, 0.2) is 173 Å². The molecule has 0 fully saturated rings. The van der Waals surface area contributed by atoms with Gasteiger partial charge in [0.25, 0.3) is 0 Å². The average molecular weight is 737 g/mol. The number of hydrogen-bond donors (Lipinski definition) is 0. The Morgan fingerprint density at radius 2 is 0.649 bits per heavy atom. The van der Waals surface area contributed by atoms with Crippen LogP contribution in [0.25, 0.3) is 101 Å². The van der Waals surface area contributed by atoms with Crippen LogP contribution in [-0.2, 0) is 0 Å². The molecule has 0 atom stereocenters. The van der Waals surface area contributed by atoms with E-state index in [0.29, 0.717) is 23.6 Å². The summed E-state index contributed by atoms with van der Waals surface area (Å²) >= 11 is 0. The van der Waals surface area contributed by atoms with Gasteiger partial charge in [-0.15, -0.1) is 20.4 Å². The highest BCUT2D eigenvalue weighted by atomic mass is 16.4. The maximum Gasteiger partial charge on any atom is 0.248 e. The summed E-state index contributed by atoms with van der Waals surface area (Å²) in [6.07, 6.45) is 0. The zero-order valence-corrected chi connectivity index (χ0v) is 31.7. The lowest BCUT2D eigenvalue weighted by Gasteiger charge is -2.20. The van der Waals surface area contributed by atoms with E-state index in [1.807, 2.05) is 60.7 Å². The first-order chi connectivity index (χ1) is 28.0. The third-order valence-corrected chi connectivity index (χ3v) is 10.7. The molecule has 6 nitrogen and oxygen atoms in total. The highest BCUT2D eigenvalue weighted by Crippen LogP contribution is 2.46. The molecule has 0 amide bonds. The summed E-state index contributed by atoms with van der Waals surface area (Å²) in [4.78, 5) is 0. The third-order valence-electron chi connectivity index (χ3n) is 10.7. The summed E-state index contributed by atoms with van der Waals surface area (Å²) in [6.45, 7) is 6.58. The predicted molar refractivity (Wildman–Crippen MR) is 229 cm³/mol. The zero-order chi connectivity index (χ0) is 38.5. The fraction of sp³-hybridized carbons (Fsp3) is 0.0588. The van der Waals surface area contributed by atoms with E-state index in [1.54, 1.807) is 0 Å². The number of aryl methyl sites for hydroxylation is 3. The minimum atomic E-state index is 0.485. The van der Waals surface area contributed by atoms with Gasteiger partial charge >= 0.3 is 0 Å². The van der Waals surface area contributed by atoms with E-state index in [1.165, 1.54) is 60.5 Å². The Hall–Kier alpha value is -7.44. The Bertz CT molecular complexity index is 3050. The lowest BCUT2D eigenvalue weighted by atomic mass is 9.84. The van der Waals surface area contributed by atoms with Gasteiger partial charge in [-0.3, -0.25) is 0 Å². The van der Waals surface area contributed by atoms with Gasteiger partial charge in [0, 0.05) is 22.3 Å². The molecule has 272 valence electrons. The zero-order valence-electron chi connectivity index (χ0n) is 31.7. The van der Waals surface area contributed by atoms with Crippen molar-refractivity contribution in [2.45, 2.75) is 20.8 Å². The Morgan fingerprint density at radius 3 is 1.11 bits per heavy atom. The van der Waals surface area contributed by atoms with E-state index in [2.05, 4.69) is 144 Å². The first kappa shape index (κ1) is 34.1. The van der Waals surface area contributed by atoms with Crippen molar-refractivity contribution in [1.82, 2.24) is 20.4 Å². The summed E-state index contributed by atoms with van der Waals surface area (Å²) < 4.78 is 12.2. The predicted octanol–water partition coefficient (Wildman–Crippen LogP) is 13.4. The number of aromatic nitrogens is 4. The van der Waals surface area contributed by atoms with Crippen LogP contribution < -0.4 is 0 Å². The van der Waals surface area contributed by atoms with E-state index in [-0.39, 0.29) is 0 Å². The number of benzene rings is 8. The minimum absolute atomic E-state index is 0.485. The largest absolute Gasteiger partial charge is 0.416 e. The maximum absolute atomic E-state index is 6.12. The Kier molecular flexibility index (Phi) is 8.37. The van der Waals surface area contributed by atoms with Crippen LogP contribution in [0.3, 0.4) is 0 Å². The smallest absolute Gasteiger partial charge is 0.248 e. The summed E-state index contributed by atoms with van der Waals surface area (Å²) in [5.41, 5.74) is 14.3. The summed E-state index contributed by atoms with van der Waals surface area (Å²) in [5, 5.41) is 22.1. The van der Waals surface area contributed by atoms with E-state index in [9.17, 15) is 0 Å². The first-order valence-corrected chi connectivity index (χ1v) is 19.0. The molecule has 2 aromatic heterocycles. The van der Waals surface area contributed by atoms with Gasteiger partial charge in [-0.05, 0) is 141 Å². The van der Waals surface area contributed by atoms with E-state index >= 15 is 0 Å². The number of hydrogen-bond acceptors (Lipinski definition) is 6. The lowest BCUT2D eigenvalue weighted by molar-refractivity contribution is 0.584. The molecule has 0 saturated heterocycles. The van der Waals surface area contributed by atoms with Crippen LogP contribution in [-0.4, -0.2) is 20.4 Å². The molecule has 2 heterocycles. The van der Waals surface area contributed by atoms with E-state index < -0.39 is 0 Å². The van der Waals surface area contributed by atoms with Crippen molar-refractivity contribution in [2.24, 2.45) is 0 Å². The normalized spacial score (nSPS) is 11.4. The summed E-state index contributed by atoms with van der Waals surface area (Å²) in [6, 6.07) is 56.8. The van der Waals surface area contributed by atoms with E-state index in [4.69, 9.17) is 8.83 Å². The van der Waals surface area contributed by atoms with Crippen LogP contribution in [0.2, 0.25) is 0 Å². The molecule has 0 unspecified atom stereocenters. The second-order valence-corrected chi connectivity index (χ2v) is 14.5. The topological polar surface area (TPSA) is 77.8 Å². The Balaban J connectivity index is 1.13. The van der Waals surface area contributed by atoms with Crippen LogP contribution >= 0.6 is 0 Å². The minimum Gasteiger partial charge on any atom is -0.416 e. The van der Waals surface area contributed by atoms with Gasteiger partial charge in [-0.2, -0.15) is 0 Å². The fourth-order valence-electron chi connectivity index (χ4n) is 8.22. The summed E-state index contributed by atoms with van der Waals surface area (Å²) in [5.74, 6) is 1.97. The molecule has 0 saturated carbocycles. The van der Waals surface area contributed by atoms with Crippen molar-refractivity contribution in [1.29, 1.82) is 0 Å². The van der Waals surface area contributed by atoms with Crippen LogP contribution in [0.5, 0.6) is 0 Å². The first-order valence-electron chi connectivity index (χ1n) is 19.0. The second kappa shape index (κ2) is 14.0. The molecular formula is C51H36N4O2. The third kappa shape index (κ3) is 6.18. The molecule has 0 bridgehead atoms. The van der Waals surface area contributed by atoms with Crippen molar-refractivity contribution < 1.29 is 8.83 Å². The van der Waals surface area contributed by atoms with Gasteiger partial charge in [0.2, 0.25) is 23.6 Å². The van der Waals surface area contributed by atoms with Crippen LogP contribution in [0.4, 0.5) is 0 Å². The molecule has 0 aliphatic carbocycles. The molecule has 57 heavy (non-hydrogen) atoms. The van der Waals surface area contributed by atoms with Gasteiger partial charge < -0.3 is 8.83 Å². The van der Waals surface area contributed by atoms with Gasteiger partial charge in [0.05, 0.1) is 0 Å². The average Bonchev–Trinajstić information content (AvgIpc) is 3.95. The van der Waals surface area contributed by atoms with Crippen molar-refractivity contribution in [2.75, 3.05) is 0 Å². The Morgan fingerprint density at radius 1 is 0.298 bits per heavy atom. The van der Waals surface area contributed by atoms with Gasteiger partial charge in [0.15, 0.2) is 0 Å². The lowest BCUT2D eigenvalue weighted by Crippen LogP contribution is -1.94. The van der Waals surface area contributed by atoms with Gasteiger partial charge in [0.1, 0.15) is 0 Å². The molecule has 6 heteroatoms. The second-order valence-electron chi connectivity index (χ2n) is 14.5. The van der Waals surface area contributed by atoms with Crippen LogP contribution in [0, 0.1) is 20.8 Å². The SMILES string of the molecule is Cc1cc(C)c(-c2ccc3c(-c4ccc(-c5nnc(-c6ccccc6)o5)cc4)c4ccccc4c(-c4ccc(-c5nnc(-c6ccccc6)o5)cc4)c3c2)c(C)c1.